The highest BCUT2D eigenvalue weighted by Crippen LogP contribution is 2.32. The molecule has 5 heteroatoms. The lowest BCUT2D eigenvalue weighted by Crippen LogP contribution is -1.89. The van der Waals surface area contributed by atoms with E-state index in [2.05, 4.69) is 20.9 Å². The standard InChI is InChI=1S/C12H9BrClNOS/c1-6-11(7(2)16)17-12(15-6)8-3-4-10(14)9(13)5-8/h3-5H,1-2H3. The number of hydrogen-bond acceptors (Lipinski definition) is 3. The Bertz CT molecular complexity index is 594. The van der Waals surface area contributed by atoms with Crippen LogP contribution in [0.4, 0.5) is 0 Å². The normalized spacial score (nSPS) is 10.6. The highest BCUT2D eigenvalue weighted by molar-refractivity contribution is 9.10. The van der Waals surface area contributed by atoms with Crippen LogP contribution in [0.25, 0.3) is 10.6 Å². The fourth-order valence-corrected chi connectivity index (χ4v) is 2.93. The predicted molar refractivity (Wildman–Crippen MR) is 75.0 cm³/mol. The number of thiazole rings is 1. The van der Waals surface area contributed by atoms with Crippen molar-refractivity contribution in [2.24, 2.45) is 0 Å². The van der Waals surface area contributed by atoms with Gasteiger partial charge in [-0.25, -0.2) is 4.98 Å². The number of rotatable bonds is 2. The van der Waals surface area contributed by atoms with Crippen molar-refractivity contribution in [3.63, 3.8) is 0 Å². The van der Waals surface area contributed by atoms with Gasteiger partial charge in [0.15, 0.2) is 5.78 Å². The van der Waals surface area contributed by atoms with Crippen LogP contribution in [0.15, 0.2) is 22.7 Å². The molecule has 1 aromatic heterocycles. The van der Waals surface area contributed by atoms with Gasteiger partial charge in [-0.05, 0) is 35.0 Å². The topological polar surface area (TPSA) is 30.0 Å². The molecule has 0 N–H and O–H groups in total. The number of Topliss-reactive ketones (excluding diaryl/α,β-unsaturated/α-hetero) is 1. The minimum atomic E-state index is 0.0549. The molecule has 0 spiro atoms. The van der Waals surface area contributed by atoms with E-state index in [0.717, 1.165) is 20.7 Å². The maximum absolute atomic E-state index is 11.4. The lowest BCUT2D eigenvalue weighted by molar-refractivity contribution is 0.102. The van der Waals surface area contributed by atoms with Gasteiger partial charge in [0, 0.05) is 17.0 Å². The number of benzene rings is 1. The fraction of sp³-hybridized carbons (Fsp3) is 0.167. The molecule has 88 valence electrons. The zero-order valence-electron chi connectivity index (χ0n) is 9.25. The highest BCUT2D eigenvalue weighted by Gasteiger charge is 2.13. The zero-order chi connectivity index (χ0) is 12.6. The Kier molecular flexibility index (Phi) is 3.66. The summed E-state index contributed by atoms with van der Waals surface area (Å²) in [4.78, 5) is 16.5. The first kappa shape index (κ1) is 12.7. The molecule has 2 aromatic rings. The maximum atomic E-state index is 11.4. The second-order valence-corrected chi connectivity index (χ2v) is 5.88. The minimum absolute atomic E-state index is 0.0549. The first-order valence-electron chi connectivity index (χ1n) is 4.93. The van der Waals surface area contributed by atoms with Crippen LogP contribution in [0.1, 0.15) is 22.3 Å². The van der Waals surface area contributed by atoms with Crippen LogP contribution in [0, 0.1) is 6.92 Å². The van der Waals surface area contributed by atoms with Gasteiger partial charge >= 0.3 is 0 Å². The average Bonchev–Trinajstić information content (AvgIpc) is 2.64. The Morgan fingerprint density at radius 3 is 2.71 bits per heavy atom. The average molecular weight is 331 g/mol. The second kappa shape index (κ2) is 4.88. The lowest BCUT2D eigenvalue weighted by Gasteiger charge is -1.99. The summed E-state index contributed by atoms with van der Waals surface area (Å²) in [5.41, 5.74) is 1.74. The Labute approximate surface area is 117 Å². The molecular formula is C12H9BrClNOS. The van der Waals surface area contributed by atoms with E-state index in [-0.39, 0.29) is 5.78 Å². The van der Waals surface area contributed by atoms with Gasteiger partial charge in [0.25, 0.3) is 0 Å². The monoisotopic (exact) mass is 329 g/mol. The number of carbonyl (C=O) groups excluding carboxylic acids is 1. The summed E-state index contributed by atoms with van der Waals surface area (Å²) in [6, 6.07) is 5.62. The van der Waals surface area contributed by atoms with Crippen molar-refractivity contribution in [3.05, 3.63) is 38.3 Å². The fourth-order valence-electron chi connectivity index (χ4n) is 1.48. The Balaban J connectivity index is 2.50. The number of aromatic nitrogens is 1. The van der Waals surface area contributed by atoms with Crippen molar-refractivity contribution in [3.8, 4) is 10.6 Å². The highest BCUT2D eigenvalue weighted by atomic mass is 79.9. The smallest absolute Gasteiger partial charge is 0.171 e. The summed E-state index contributed by atoms with van der Waals surface area (Å²) in [6.07, 6.45) is 0. The van der Waals surface area contributed by atoms with Crippen LogP contribution in [0.2, 0.25) is 5.02 Å². The van der Waals surface area contributed by atoms with Gasteiger partial charge < -0.3 is 0 Å². The van der Waals surface area contributed by atoms with Gasteiger partial charge in [-0.15, -0.1) is 11.3 Å². The number of aryl methyl sites for hydroxylation is 1. The largest absolute Gasteiger partial charge is 0.294 e. The minimum Gasteiger partial charge on any atom is -0.294 e. The molecule has 1 heterocycles. The van der Waals surface area contributed by atoms with E-state index in [1.165, 1.54) is 11.3 Å². The van der Waals surface area contributed by atoms with Gasteiger partial charge in [-0.3, -0.25) is 4.79 Å². The molecule has 0 saturated carbocycles. The van der Waals surface area contributed by atoms with Gasteiger partial charge in [-0.1, -0.05) is 17.7 Å². The quantitative estimate of drug-likeness (QED) is 0.745. The van der Waals surface area contributed by atoms with E-state index in [0.29, 0.717) is 9.90 Å². The van der Waals surface area contributed by atoms with E-state index in [4.69, 9.17) is 11.6 Å². The molecule has 0 amide bonds. The van der Waals surface area contributed by atoms with Crippen LogP contribution in [-0.2, 0) is 0 Å². The third kappa shape index (κ3) is 2.59. The van der Waals surface area contributed by atoms with E-state index < -0.39 is 0 Å². The number of ketones is 1. The molecule has 17 heavy (non-hydrogen) atoms. The van der Waals surface area contributed by atoms with Crippen LogP contribution in [0.5, 0.6) is 0 Å². The number of hydrogen-bond donors (Lipinski definition) is 0. The summed E-state index contributed by atoms with van der Waals surface area (Å²) in [7, 11) is 0. The van der Waals surface area contributed by atoms with Crippen molar-refractivity contribution in [1.82, 2.24) is 4.98 Å². The van der Waals surface area contributed by atoms with Crippen LogP contribution < -0.4 is 0 Å². The molecule has 2 nitrogen and oxygen atoms in total. The van der Waals surface area contributed by atoms with Gasteiger partial charge in [-0.2, -0.15) is 0 Å². The molecule has 0 bridgehead atoms. The molecule has 0 saturated heterocycles. The number of nitrogens with zero attached hydrogens (tertiary/aromatic N) is 1. The Hall–Kier alpha value is -0.710. The van der Waals surface area contributed by atoms with Crippen molar-refractivity contribution in [1.29, 1.82) is 0 Å². The Morgan fingerprint density at radius 2 is 2.18 bits per heavy atom. The van der Waals surface area contributed by atoms with Crippen LogP contribution in [0.3, 0.4) is 0 Å². The summed E-state index contributed by atoms with van der Waals surface area (Å²) >= 11 is 10.7. The molecular weight excluding hydrogens is 322 g/mol. The van der Waals surface area contributed by atoms with Crippen molar-refractivity contribution >= 4 is 44.7 Å². The maximum Gasteiger partial charge on any atom is 0.171 e. The van der Waals surface area contributed by atoms with Gasteiger partial charge in [0.2, 0.25) is 0 Å². The molecule has 0 aliphatic carbocycles. The summed E-state index contributed by atoms with van der Waals surface area (Å²) in [6.45, 7) is 3.41. The van der Waals surface area contributed by atoms with Crippen molar-refractivity contribution in [2.45, 2.75) is 13.8 Å². The lowest BCUT2D eigenvalue weighted by atomic mass is 10.2. The van der Waals surface area contributed by atoms with Crippen LogP contribution >= 0.6 is 38.9 Å². The van der Waals surface area contributed by atoms with Crippen LogP contribution in [-0.4, -0.2) is 10.8 Å². The molecule has 0 fully saturated rings. The first-order chi connectivity index (χ1) is 7.99. The number of carbonyl (C=O) groups is 1. The first-order valence-corrected chi connectivity index (χ1v) is 6.91. The Morgan fingerprint density at radius 1 is 1.47 bits per heavy atom. The molecule has 0 unspecified atom stereocenters. The number of halogens is 2. The van der Waals surface area contributed by atoms with Crippen molar-refractivity contribution < 1.29 is 4.79 Å². The van der Waals surface area contributed by atoms with E-state index in [9.17, 15) is 4.79 Å². The molecule has 2 rings (SSSR count). The van der Waals surface area contributed by atoms with E-state index >= 15 is 0 Å². The summed E-state index contributed by atoms with van der Waals surface area (Å²) < 4.78 is 0.828. The summed E-state index contributed by atoms with van der Waals surface area (Å²) in [5.74, 6) is 0.0549. The zero-order valence-corrected chi connectivity index (χ0v) is 12.4. The molecule has 1 aromatic carbocycles. The van der Waals surface area contributed by atoms with Gasteiger partial charge in [0.1, 0.15) is 5.01 Å². The van der Waals surface area contributed by atoms with E-state index in [1.54, 1.807) is 6.92 Å². The molecule has 0 atom stereocenters. The SMILES string of the molecule is CC(=O)c1sc(-c2ccc(Cl)c(Br)c2)nc1C. The molecule has 0 aliphatic rings. The molecule has 0 radical (unpaired) electrons. The van der Waals surface area contributed by atoms with E-state index in [1.807, 2.05) is 25.1 Å². The predicted octanol–water partition coefficient (Wildman–Crippen LogP) is 4.74. The third-order valence-electron chi connectivity index (χ3n) is 2.28. The summed E-state index contributed by atoms with van der Waals surface area (Å²) in [5, 5.41) is 1.50. The third-order valence-corrected chi connectivity index (χ3v) is 4.80. The van der Waals surface area contributed by atoms with Gasteiger partial charge in [0.05, 0.1) is 15.6 Å². The van der Waals surface area contributed by atoms with Crippen molar-refractivity contribution in [2.75, 3.05) is 0 Å². The second-order valence-electron chi connectivity index (χ2n) is 3.62. The molecule has 0 aliphatic heterocycles.